The van der Waals surface area contributed by atoms with Crippen LogP contribution in [0, 0.1) is 0 Å². The molecule has 1 aromatic heterocycles. The Labute approximate surface area is 220 Å². The van der Waals surface area contributed by atoms with Crippen LogP contribution in [-0.2, 0) is 11.3 Å². The lowest BCUT2D eigenvalue weighted by atomic mass is 10.1. The van der Waals surface area contributed by atoms with Gasteiger partial charge in [0.05, 0.1) is 40.0 Å². The minimum Gasteiger partial charge on any atom is -0.496 e. The quantitative estimate of drug-likeness (QED) is 0.234. The Hall–Kier alpha value is -2.55. The second-order valence-corrected chi connectivity index (χ2v) is 9.74. The van der Waals surface area contributed by atoms with E-state index in [1.807, 2.05) is 18.2 Å². The number of carbonyl (C=O) groups is 1. The van der Waals surface area contributed by atoms with Gasteiger partial charge in [-0.05, 0) is 37.9 Å². The van der Waals surface area contributed by atoms with E-state index in [2.05, 4.69) is 45.7 Å². The summed E-state index contributed by atoms with van der Waals surface area (Å²) in [6, 6.07) is 9.97. The molecule has 198 valence electrons. The number of hydrogen-bond acceptors (Lipinski definition) is 6. The van der Waals surface area contributed by atoms with Gasteiger partial charge >= 0.3 is 0 Å². The summed E-state index contributed by atoms with van der Waals surface area (Å²) in [5.41, 5.74) is 2.01. The van der Waals surface area contributed by atoms with Crippen molar-refractivity contribution in [3.05, 3.63) is 47.8 Å². The monoisotopic (exact) mass is 517 g/mol. The average molecular weight is 518 g/mol. The lowest BCUT2D eigenvalue weighted by molar-refractivity contribution is -0.699. The molecule has 1 aromatic carbocycles. The second-order valence-electron chi connectivity index (χ2n) is 8.47. The Morgan fingerprint density at radius 2 is 1.75 bits per heavy atom. The number of aryl methyl sites for hydroxylation is 1. The van der Waals surface area contributed by atoms with Gasteiger partial charge in [0.2, 0.25) is 5.69 Å². The molecule has 0 fully saturated rings. The van der Waals surface area contributed by atoms with Crippen LogP contribution in [0.25, 0.3) is 12.2 Å². The summed E-state index contributed by atoms with van der Waals surface area (Å²) < 4.78 is 18.8. The molecule has 36 heavy (non-hydrogen) atoms. The van der Waals surface area contributed by atoms with Crippen molar-refractivity contribution in [1.82, 2.24) is 5.32 Å². The van der Waals surface area contributed by atoms with Crippen molar-refractivity contribution < 1.29 is 28.9 Å². The van der Waals surface area contributed by atoms with E-state index in [0.29, 0.717) is 17.2 Å². The minimum absolute atomic E-state index is 0.219. The van der Waals surface area contributed by atoms with Gasteiger partial charge in [0.1, 0.15) is 23.8 Å². The second kappa shape index (κ2) is 17.8. The molecule has 0 aliphatic rings. The highest BCUT2D eigenvalue weighted by Gasteiger charge is 2.12. The van der Waals surface area contributed by atoms with E-state index in [0.717, 1.165) is 69.0 Å². The standard InChI is InChI=1S/C28H42N3O4S/c1-23(32)36-20-10-7-15-30-17-16-29-14-6-9-19-31-18-8-5-11-24(31)12-13-26-27(34-3)21-25(33-2)22-28(26)35-4/h5,8,11-13,18,21-22,29-30H,6-7,9-10,14-17,19-20H2,1-4H3/q+1/p+1/b13-12+. The zero-order valence-electron chi connectivity index (χ0n) is 22.3. The smallest absolute Gasteiger partial charge is 0.205 e. The maximum atomic E-state index is 10.9. The van der Waals surface area contributed by atoms with Gasteiger partial charge < -0.3 is 24.8 Å². The summed E-state index contributed by atoms with van der Waals surface area (Å²) in [6.07, 6.45) is 10.8. The molecule has 0 unspecified atom stereocenters. The van der Waals surface area contributed by atoms with Crippen molar-refractivity contribution in [2.45, 2.75) is 39.2 Å². The first-order chi connectivity index (χ1) is 17.6. The number of carbonyl (C=O) groups excluding carboxylic acids is 1. The van der Waals surface area contributed by atoms with Gasteiger partial charge in [-0.1, -0.05) is 11.8 Å². The van der Waals surface area contributed by atoms with E-state index < -0.39 is 0 Å². The van der Waals surface area contributed by atoms with Crippen molar-refractivity contribution in [1.29, 1.82) is 0 Å². The summed E-state index contributed by atoms with van der Waals surface area (Å²) >= 11 is 1.43. The Morgan fingerprint density at radius 1 is 0.972 bits per heavy atom. The Kier molecular flexibility index (Phi) is 14.7. The van der Waals surface area contributed by atoms with Crippen LogP contribution in [0.15, 0.2) is 36.5 Å². The highest BCUT2D eigenvalue weighted by Crippen LogP contribution is 2.35. The molecule has 7 nitrogen and oxygen atoms in total. The van der Waals surface area contributed by atoms with E-state index >= 15 is 0 Å². The fourth-order valence-corrected chi connectivity index (χ4v) is 4.46. The third-order valence-electron chi connectivity index (χ3n) is 5.79. The Morgan fingerprint density at radius 3 is 2.44 bits per heavy atom. The third kappa shape index (κ3) is 11.0. The van der Waals surface area contributed by atoms with Crippen LogP contribution in [0.4, 0.5) is 0 Å². The molecule has 0 aliphatic heterocycles. The molecule has 0 atom stereocenters. The highest BCUT2D eigenvalue weighted by molar-refractivity contribution is 8.13. The predicted octanol–water partition coefficient (Wildman–Crippen LogP) is 3.16. The maximum Gasteiger partial charge on any atom is 0.205 e. The van der Waals surface area contributed by atoms with E-state index in [1.54, 1.807) is 28.3 Å². The minimum atomic E-state index is 0.219. The van der Waals surface area contributed by atoms with E-state index in [4.69, 9.17) is 14.2 Å². The molecule has 0 saturated heterocycles. The van der Waals surface area contributed by atoms with Crippen molar-refractivity contribution in [3.63, 3.8) is 0 Å². The number of rotatable bonds is 18. The highest BCUT2D eigenvalue weighted by atomic mass is 32.2. The van der Waals surface area contributed by atoms with E-state index in [1.165, 1.54) is 18.2 Å². The first kappa shape index (κ1) is 29.7. The Balaban J connectivity index is 1.74. The topological polar surface area (TPSA) is 77.3 Å². The number of methoxy groups -OCH3 is 3. The van der Waals surface area contributed by atoms with Gasteiger partial charge in [0.15, 0.2) is 11.3 Å². The molecule has 0 amide bonds. The summed E-state index contributed by atoms with van der Waals surface area (Å²) in [6.45, 7) is 6.89. The van der Waals surface area contributed by atoms with Crippen molar-refractivity contribution >= 4 is 29.0 Å². The summed E-state index contributed by atoms with van der Waals surface area (Å²) in [5.74, 6) is 3.06. The van der Waals surface area contributed by atoms with Crippen molar-refractivity contribution in [2.75, 3.05) is 53.3 Å². The zero-order valence-corrected chi connectivity index (χ0v) is 23.1. The van der Waals surface area contributed by atoms with Crippen molar-refractivity contribution in [2.24, 2.45) is 0 Å². The molecule has 0 radical (unpaired) electrons. The molecule has 2 rings (SSSR count). The van der Waals surface area contributed by atoms with Crippen LogP contribution in [0.3, 0.4) is 0 Å². The summed E-state index contributed by atoms with van der Waals surface area (Å²) in [4.78, 5) is 10.9. The molecule has 2 aromatic rings. The SMILES string of the molecule is COc1cc(OC)c(/C=C/c2cccc[n+]2CCCCNCC[NH2+]CCCCSC(C)=O)c(OC)c1. The number of aromatic nitrogens is 1. The molecular formula is C28H43N3O4S+2. The van der Waals surface area contributed by atoms with Crippen LogP contribution >= 0.6 is 11.8 Å². The van der Waals surface area contributed by atoms with E-state index in [-0.39, 0.29) is 5.12 Å². The molecule has 0 saturated carbocycles. The van der Waals surface area contributed by atoms with Gasteiger partial charge in [-0.15, -0.1) is 0 Å². The fraction of sp³-hybridized carbons (Fsp3) is 0.500. The maximum absolute atomic E-state index is 10.9. The van der Waals surface area contributed by atoms with Crippen LogP contribution in [0.2, 0.25) is 0 Å². The number of unbranched alkanes of at least 4 members (excludes halogenated alkanes) is 2. The van der Waals surface area contributed by atoms with Crippen LogP contribution in [0.1, 0.15) is 43.9 Å². The van der Waals surface area contributed by atoms with Crippen LogP contribution in [-0.4, -0.2) is 58.4 Å². The third-order valence-corrected chi connectivity index (χ3v) is 6.68. The number of quaternary nitrogens is 1. The molecular weight excluding hydrogens is 474 g/mol. The zero-order chi connectivity index (χ0) is 26.0. The number of thioether (sulfide) groups is 1. The number of nitrogens with one attached hydrogen (secondary N) is 1. The molecule has 0 aliphatic carbocycles. The van der Waals surface area contributed by atoms with Gasteiger partial charge in [-0.3, -0.25) is 4.79 Å². The normalized spacial score (nSPS) is 11.1. The first-order valence-corrected chi connectivity index (χ1v) is 13.7. The summed E-state index contributed by atoms with van der Waals surface area (Å²) in [7, 11) is 4.93. The molecule has 0 spiro atoms. The average Bonchev–Trinajstić information content (AvgIpc) is 2.89. The van der Waals surface area contributed by atoms with Gasteiger partial charge in [-0.25, -0.2) is 0 Å². The number of ether oxygens (including phenoxy) is 3. The van der Waals surface area contributed by atoms with Crippen LogP contribution < -0.4 is 29.4 Å². The molecule has 0 bridgehead atoms. The van der Waals surface area contributed by atoms with Crippen LogP contribution in [0.5, 0.6) is 17.2 Å². The Bertz CT molecular complexity index is 927. The molecule has 1 heterocycles. The van der Waals surface area contributed by atoms with E-state index in [9.17, 15) is 4.79 Å². The van der Waals surface area contributed by atoms with Crippen molar-refractivity contribution in [3.8, 4) is 17.2 Å². The number of pyridine rings is 1. The van der Waals surface area contributed by atoms with Gasteiger partial charge in [0, 0.05) is 56.0 Å². The fourth-order valence-electron chi connectivity index (χ4n) is 3.82. The lowest BCUT2D eigenvalue weighted by Gasteiger charge is -2.12. The van der Waals surface area contributed by atoms with Gasteiger partial charge in [-0.2, -0.15) is 4.57 Å². The number of nitrogens with two attached hydrogens (primary N) is 1. The number of nitrogens with zero attached hydrogens (tertiary/aromatic N) is 1. The predicted molar refractivity (Wildman–Crippen MR) is 148 cm³/mol. The lowest BCUT2D eigenvalue weighted by Crippen LogP contribution is -2.85. The molecule has 3 N–H and O–H groups in total. The molecule has 8 heteroatoms. The van der Waals surface area contributed by atoms with Gasteiger partial charge in [0.25, 0.3) is 0 Å². The largest absolute Gasteiger partial charge is 0.496 e. The number of hydrogen-bond donors (Lipinski definition) is 2. The first-order valence-electron chi connectivity index (χ1n) is 12.7. The number of benzene rings is 1. The summed E-state index contributed by atoms with van der Waals surface area (Å²) in [5, 5.41) is 6.12.